The van der Waals surface area contributed by atoms with Gasteiger partial charge < -0.3 is 10.5 Å². The van der Waals surface area contributed by atoms with Crippen molar-refractivity contribution in [1.29, 1.82) is 0 Å². The zero-order valence-corrected chi connectivity index (χ0v) is 9.44. The molecule has 2 rings (SSSR count). The summed E-state index contributed by atoms with van der Waals surface area (Å²) in [6.45, 7) is 4.54. The Balaban J connectivity index is 2.14. The number of hydrogen-bond acceptors (Lipinski definition) is 3. The number of fused-ring (bicyclic) bond motifs is 2. The lowest BCUT2D eigenvalue weighted by atomic mass is 9.93. The summed E-state index contributed by atoms with van der Waals surface area (Å²) in [7, 11) is 1.79. The van der Waals surface area contributed by atoms with Crippen LogP contribution < -0.4 is 5.73 Å². The van der Waals surface area contributed by atoms with E-state index in [-0.39, 0.29) is 12.1 Å². The molecule has 2 heterocycles. The second-order valence-electron chi connectivity index (χ2n) is 4.93. The highest BCUT2D eigenvalue weighted by molar-refractivity contribution is 5.03. The van der Waals surface area contributed by atoms with Crippen LogP contribution >= 0.6 is 0 Å². The zero-order chi connectivity index (χ0) is 10.3. The first-order valence-corrected chi connectivity index (χ1v) is 5.71. The van der Waals surface area contributed by atoms with Crippen LogP contribution in [0.15, 0.2) is 0 Å². The highest BCUT2D eigenvalue weighted by Crippen LogP contribution is 2.37. The van der Waals surface area contributed by atoms with E-state index in [0.717, 1.165) is 6.42 Å². The minimum absolute atomic E-state index is 0.209. The van der Waals surface area contributed by atoms with Crippen molar-refractivity contribution in [3.8, 4) is 0 Å². The maximum atomic E-state index is 6.23. The van der Waals surface area contributed by atoms with Crippen molar-refractivity contribution in [2.75, 3.05) is 7.11 Å². The van der Waals surface area contributed by atoms with Crippen molar-refractivity contribution in [3.05, 3.63) is 0 Å². The highest BCUT2D eigenvalue weighted by Gasteiger charge is 2.46. The Bertz CT molecular complexity index is 207. The molecule has 82 valence electrons. The van der Waals surface area contributed by atoms with Crippen LogP contribution in [0.1, 0.15) is 33.1 Å². The number of hydrogen-bond donors (Lipinski definition) is 1. The fraction of sp³-hybridized carbons (Fsp3) is 1.00. The van der Waals surface area contributed by atoms with Gasteiger partial charge in [-0.05, 0) is 33.1 Å². The SMILES string of the molecule is CO[C@@H]1C[C@@H]2CC[C@H]([C@@H]1N)N2C(C)C. The molecule has 2 aliphatic rings. The average molecular weight is 198 g/mol. The third kappa shape index (κ3) is 1.47. The molecule has 0 aromatic carbocycles. The number of nitrogens with zero attached hydrogens (tertiary/aromatic N) is 1. The van der Waals surface area contributed by atoms with Crippen LogP contribution in [-0.4, -0.2) is 42.3 Å². The molecule has 0 saturated carbocycles. The molecule has 0 aromatic rings. The third-order valence-electron chi connectivity index (χ3n) is 3.88. The largest absolute Gasteiger partial charge is 0.380 e. The van der Waals surface area contributed by atoms with E-state index in [4.69, 9.17) is 10.5 Å². The molecule has 3 nitrogen and oxygen atoms in total. The van der Waals surface area contributed by atoms with E-state index in [1.165, 1.54) is 12.8 Å². The Kier molecular flexibility index (Phi) is 2.82. The van der Waals surface area contributed by atoms with E-state index in [9.17, 15) is 0 Å². The zero-order valence-electron chi connectivity index (χ0n) is 9.44. The van der Waals surface area contributed by atoms with Crippen LogP contribution in [0.5, 0.6) is 0 Å². The van der Waals surface area contributed by atoms with Gasteiger partial charge in [-0.1, -0.05) is 0 Å². The van der Waals surface area contributed by atoms with Gasteiger partial charge in [-0.2, -0.15) is 0 Å². The molecule has 3 heteroatoms. The van der Waals surface area contributed by atoms with E-state index in [1.807, 2.05) is 0 Å². The van der Waals surface area contributed by atoms with Crippen molar-refractivity contribution in [2.45, 2.75) is 63.4 Å². The molecule has 2 saturated heterocycles. The minimum Gasteiger partial charge on any atom is -0.380 e. The van der Waals surface area contributed by atoms with E-state index in [0.29, 0.717) is 18.1 Å². The smallest absolute Gasteiger partial charge is 0.0752 e. The molecule has 14 heavy (non-hydrogen) atoms. The maximum Gasteiger partial charge on any atom is 0.0752 e. The van der Waals surface area contributed by atoms with E-state index in [2.05, 4.69) is 18.7 Å². The highest BCUT2D eigenvalue weighted by atomic mass is 16.5. The Hall–Kier alpha value is -0.120. The average Bonchev–Trinajstić information content (AvgIpc) is 2.50. The lowest BCUT2D eigenvalue weighted by Gasteiger charge is -2.44. The summed E-state index contributed by atoms with van der Waals surface area (Å²) in [5.41, 5.74) is 6.23. The van der Waals surface area contributed by atoms with Crippen molar-refractivity contribution >= 4 is 0 Å². The van der Waals surface area contributed by atoms with Crippen LogP contribution in [0.2, 0.25) is 0 Å². The molecule has 2 aliphatic heterocycles. The van der Waals surface area contributed by atoms with Crippen molar-refractivity contribution in [1.82, 2.24) is 4.90 Å². The first-order valence-electron chi connectivity index (χ1n) is 5.71. The van der Waals surface area contributed by atoms with E-state index in [1.54, 1.807) is 7.11 Å². The van der Waals surface area contributed by atoms with Gasteiger partial charge in [0, 0.05) is 31.3 Å². The normalized spacial score (nSPS) is 43.5. The minimum atomic E-state index is 0.209. The number of nitrogens with two attached hydrogens (primary N) is 1. The van der Waals surface area contributed by atoms with Gasteiger partial charge in [-0.25, -0.2) is 0 Å². The molecule has 0 spiro atoms. The van der Waals surface area contributed by atoms with Crippen molar-refractivity contribution in [3.63, 3.8) is 0 Å². The van der Waals surface area contributed by atoms with Gasteiger partial charge in [0.15, 0.2) is 0 Å². The van der Waals surface area contributed by atoms with Crippen LogP contribution in [0.25, 0.3) is 0 Å². The van der Waals surface area contributed by atoms with E-state index >= 15 is 0 Å². The number of rotatable bonds is 2. The third-order valence-corrected chi connectivity index (χ3v) is 3.88. The Morgan fingerprint density at radius 1 is 1.36 bits per heavy atom. The molecule has 0 aromatic heterocycles. The standard InChI is InChI=1S/C11H22N2O/c1-7(2)13-8-4-5-9(13)11(12)10(6-8)14-3/h7-11H,4-6,12H2,1-3H3/t8-,9+,10+,11-/m0/s1. The molecule has 0 unspecified atom stereocenters. The molecular formula is C11H22N2O. The summed E-state index contributed by atoms with van der Waals surface area (Å²) < 4.78 is 5.46. The van der Waals surface area contributed by atoms with Gasteiger partial charge in [0.25, 0.3) is 0 Å². The lowest BCUT2D eigenvalue weighted by Crippen LogP contribution is -2.60. The molecule has 2 bridgehead atoms. The van der Waals surface area contributed by atoms with Crippen LogP contribution in [0.3, 0.4) is 0 Å². The molecule has 0 aliphatic carbocycles. The monoisotopic (exact) mass is 198 g/mol. The summed E-state index contributed by atoms with van der Waals surface area (Å²) >= 11 is 0. The Morgan fingerprint density at radius 3 is 2.64 bits per heavy atom. The first-order chi connectivity index (χ1) is 6.65. The van der Waals surface area contributed by atoms with Crippen molar-refractivity contribution in [2.24, 2.45) is 5.73 Å². The summed E-state index contributed by atoms with van der Waals surface area (Å²) in [5, 5.41) is 0. The molecule has 4 atom stereocenters. The summed E-state index contributed by atoms with van der Waals surface area (Å²) in [4.78, 5) is 2.60. The quantitative estimate of drug-likeness (QED) is 0.718. The maximum absolute atomic E-state index is 6.23. The topological polar surface area (TPSA) is 38.5 Å². The Labute approximate surface area is 86.6 Å². The van der Waals surface area contributed by atoms with Crippen molar-refractivity contribution < 1.29 is 4.74 Å². The predicted molar refractivity (Wildman–Crippen MR) is 57.2 cm³/mol. The number of methoxy groups -OCH3 is 1. The summed E-state index contributed by atoms with van der Waals surface area (Å²) in [6.07, 6.45) is 3.95. The van der Waals surface area contributed by atoms with Crippen LogP contribution in [0.4, 0.5) is 0 Å². The fourth-order valence-electron chi connectivity index (χ4n) is 3.29. The van der Waals surface area contributed by atoms with Gasteiger partial charge in [0.2, 0.25) is 0 Å². The van der Waals surface area contributed by atoms with Gasteiger partial charge in [0.1, 0.15) is 0 Å². The van der Waals surface area contributed by atoms with Gasteiger partial charge >= 0.3 is 0 Å². The van der Waals surface area contributed by atoms with Gasteiger partial charge in [-0.3, -0.25) is 4.90 Å². The number of piperidine rings is 1. The van der Waals surface area contributed by atoms with E-state index < -0.39 is 0 Å². The second-order valence-corrected chi connectivity index (χ2v) is 4.93. The summed E-state index contributed by atoms with van der Waals surface area (Å²) in [5.74, 6) is 0. The fourth-order valence-corrected chi connectivity index (χ4v) is 3.29. The number of ether oxygens (including phenoxy) is 1. The van der Waals surface area contributed by atoms with Gasteiger partial charge in [-0.15, -0.1) is 0 Å². The Morgan fingerprint density at radius 2 is 2.07 bits per heavy atom. The van der Waals surface area contributed by atoms with Crippen LogP contribution in [0, 0.1) is 0 Å². The molecule has 0 radical (unpaired) electrons. The molecular weight excluding hydrogens is 176 g/mol. The molecule has 2 N–H and O–H groups in total. The van der Waals surface area contributed by atoms with Crippen LogP contribution in [-0.2, 0) is 4.74 Å². The first kappa shape index (κ1) is 10.4. The summed E-state index contributed by atoms with van der Waals surface area (Å²) in [6, 6.07) is 2.10. The molecule has 2 fully saturated rings. The second kappa shape index (κ2) is 3.80. The van der Waals surface area contributed by atoms with Gasteiger partial charge in [0.05, 0.1) is 6.10 Å². The predicted octanol–water partition coefficient (Wildman–Crippen LogP) is 0.974. The molecule has 0 amide bonds. The lowest BCUT2D eigenvalue weighted by molar-refractivity contribution is -0.0225.